The van der Waals surface area contributed by atoms with Crippen LogP contribution in [0.3, 0.4) is 0 Å². The Morgan fingerprint density at radius 3 is 2.41 bits per heavy atom. The number of hydrogen-bond donors (Lipinski definition) is 3. The lowest BCUT2D eigenvalue weighted by molar-refractivity contribution is -0.0226. The average molecular weight is 580 g/mol. The Morgan fingerprint density at radius 2 is 1.84 bits per heavy atom. The highest BCUT2D eigenvalue weighted by Crippen LogP contribution is 2.60. The Balaban J connectivity index is 0.000000414. The number of hydrogen-bond acceptors (Lipinski definition) is 5. The summed E-state index contributed by atoms with van der Waals surface area (Å²) in [5.74, 6) is 3.16. The molecule has 0 radical (unpaired) electrons. The van der Waals surface area contributed by atoms with E-state index in [0.717, 1.165) is 38.5 Å². The van der Waals surface area contributed by atoms with Crippen molar-refractivity contribution in [2.24, 2.45) is 17.3 Å². The number of rotatable bonds is 7. The van der Waals surface area contributed by atoms with E-state index in [1.54, 1.807) is 18.7 Å². The Hall–Kier alpha value is -0.860. The van der Waals surface area contributed by atoms with E-state index in [9.17, 15) is 14.5 Å². The number of phosphoric acid groups is 1. The third-order valence-electron chi connectivity index (χ3n) is 8.17. The number of fused-ring (bicyclic) bond motifs is 5. The second-order valence-corrected chi connectivity index (χ2v) is 12.7. The van der Waals surface area contributed by atoms with E-state index in [4.69, 9.17) is 37.7 Å². The number of carbonyl (C=O) groups is 1. The first-order valence-corrected chi connectivity index (χ1v) is 15.6. The highest BCUT2D eigenvalue weighted by molar-refractivity contribution is 7.46. The second kappa shape index (κ2) is 13.0. The zero-order valence-electron chi connectivity index (χ0n) is 21.8. The quantitative estimate of drug-likeness (QED) is 0.281. The molecule has 210 valence electrons. The van der Waals surface area contributed by atoms with Crippen molar-refractivity contribution in [1.29, 1.82) is 0 Å². The van der Waals surface area contributed by atoms with Crippen LogP contribution in [0.1, 0.15) is 69.9 Å². The topological polar surface area (TPSA) is 117 Å². The van der Waals surface area contributed by atoms with E-state index in [0.29, 0.717) is 48.4 Å². The summed E-state index contributed by atoms with van der Waals surface area (Å²) < 4.78 is 19.6. The monoisotopic (exact) mass is 579 g/mol. The number of amides is 1. The number of phosphoric ester groups is 1. The van der Waals surface area contributed by atoms with Gasteiger partial charge in [-0.2, -0.15) is 0 Å². The first-order chi connectivity index (χ1) is 17.4. The smallest absolute Gasteiger partial charge is 0.410 e. The molecule has 3 aliphatic carbocycles. The molecule has 0 aliphatic heterocycles. The SMILES string of the molecule is CC(C)OP(=O)(O)O.C[C@]12CC[C@@H]3c4ccc(OC(=O)N(CCCl)CCCl)cc4CC[C@H]3[C@@H]1CC[C@@H]2O. The Labute approximate surface area is 229 Å². The molecule has 2 fully saturated rings. The van der Waals surface area contributed by atoms with Gasteiger partial charge in [0.2, 0.25) is 0 Å². The number of carbonyl (C=O) groups excluding carboxylic acids is 1. The van der Waals surface area contributed by atoms with Gasteiger partial charge in [0.1, 0.15) is 5.75 Å². The van der Waals surface area contributed by atoms with Gasteiger partial charge < -0.3 is 24.5 Å². The van der Waals surface area contributed by atoms with Gasteiger partial charge in [0.15, 0.2) is 0 Å². The predicted molar refractivity (Wildman–Crippen MR) is 144 cm³/mol. The summed E-state index contributed by atoms with van der Waals surface area (Å²) in [6.07, 6.45) is 5.56. The van der Waals surface area contributed by atoms with E-state index in [1.807, 2.05) is 12.1 Å². The van der Waals surface area contributed by atoms with Crippen molar-refractivity contribution in [3.05, 3.63) is 29.3 Å². The number of aliphatic hydroxyl groups is 1. The van der Waals surface area contributed by atoms with Gasteiger partial charge >= 0.3 is 13.9 Å². The molecule has 0 spiro atoms. The highest BCUT2D eigenvalue weighted by atomic mass is 35.5. The number of aliphatic hydroxyl groups excluding tert-OH is 1. The largest absolute Gasteiger partial charge is 0.469 e. The normalized spacial score (nSPS) is 28.5. The number of nitrogens with zero attached hydrogens (tertiary/aromatic N) is 1. The number of aryl methyl sites for hydroxylation is 1. The van der Waals surface area contributed by atoms with Crippen LogP contribution in [0.4, 0.5) is 4.79 Å². The lowest BCUT2D eigenvalue weighted by Crippen LogP contribution is -2.43. The molecule has 0 bridgehead atoms. The van der Waals surface area contributed by atoms with E-state index < -0.39 is 20.0 Å². The Morgan fingerprint density at radius 1 is 1.16 bits per heavy atom. The predicted octanol–water partition coefficient (Wildman–Crippen LogP) is 5.69. The summed E-state index contributed by atoms with van der Waals surface area (Å²) in [7, 11) is -4.22. The van der Waals surface area contributed by atoms with Crippen LogP contribution in [-0.2, 0) is 15.5 Å². The minimum absolute atomic E-state index is 0.0996. The molecule has 0 heterocycles. The van der Waals surface area contributed by atoms with Crippen molar-refractivity contribution in [2.45, 2.75) is 77.4 Å². The van der Waals surface area contributed by atoms with Crippen LogP contribution in [0, 0.1) is 17.3 Å². The molecule has 3 N–H and O–H groups in total. The molecule has 0 unspecified atom stereocenters. The molecule has 37 heavy (non-hydrogen) atoms. The molecular formula is C26H40Cl2NO7P. The van der Waals surface area contributed by atoms with E-state index in [-0.39, 0.29) is 11.5 Å². The van der Waals surface area contributed by atoms with Crippen LogP contribution >= 0.6 is 31.0 Å². The minimum atomic E-state index is -4.22. The van der Waals surface area contributed by atoms with Crippen LogP contribution < -0.4 is 4.74 Å². The third-order valence-corrected chi connectivity index (χ3v) is 9.20. The molecule has 1 amide bonds. The first-order valence-electron chi connectivity index (χ1n) is 13.0. The molecule has 8 nitrogen and oxygen atoms in total. The van der Waals surface area contributed by atoms with Gasteiger partial charge in [-0.1, -0.05) is 13.0 Å². The standard InChI is InChI=1S/C23H31Cl2NO3.C3H9O4P/c1-23-9-8-18-17-5-3-16(29-22(28)26(12-10-24)13-11-25)14-15(17)2-4-19(18)20(23)6-7-21(23)27;1-3(2)7-8(4,5)6/h3,5,14,18-21,27H,2,4,6-13H2,1H3;3H,1-2H3,(H2,4,5,6)/t18-,19-,20+,21+,23+;/m1./s1. The maximum atomic E-state index is 12.4. The molecule has 0 aromatic heterocycles. The number of benzene rings is 1. The zero-order valence-corrected chi connectivity index (χ0v) is 24.2. The summed E-state index contributed by atoms with van der Waals surface area (Å²) in [5, 5.41) is 10.5. The molecule has 4 rings (SSSR count). The summed E-state index contributed by atoms with van der Waals surface area (Å²) in [6, 6.07) is 6.13. The lowest BCUT2D eigenvalue weighted by atomic mass is 9.55. The number of halogens is 2. The Bertz CT molecular complexity index is 968. The van der Waals surface area contributed by atoms with Crippen LogP contribution in [0.5, 0.6) is 5.75 Å². The maximum absolute atomic E-state index is 12.4. The van der Waals surface area contributed by atoms with Crippen molar-refractivity contribution < 1.29 is 33.5 Å². The van der Waals surface area contributed by atoms with Gasteiger partial charge in [-0.05, 0) is 98.8 Å². The molecule has 5 atom stereocenters. The first kappa shape index (κ1) is 30.7. The van der Waals surface area contributed by atoms with Gasteiger partial charge in [0.25, 0.3) is 0 Å². The van der Waals surface area contributed by atoms with Crippen LogP contribution in [0.15, 0.2) is 18.2 Å². The number of ether oxygens (including phenoxy) is 1. The van der Waals surface area contributed by atoms with Gasteiger partial charge in [0.05, 0.1) is 12.2 Å². The third kappa shape index (κ3) is 7.63. The van der Waals surface area contributed by atoms with Gasteiger partial charge in [-0.15, -0.1) is 23.2 Å². The molecule has 0 saturated heterocycles. The fourth-order valence-corrected chi connectivity index (χ4v) is 7.49. The molecule has 11 heteroatoms. The lowest BCUT2D eigenvalue weighted by Gasteiger charge is -2.50. The highest BCUT2D eigenvalue weighted by Gasteiger charge is 2.54. The molecule has 1 aromatic rings. The van der Waals surface area contributed by atoms with Gasteiger partial charge in [-0.3, -0.25) is 4.52 Å². The van der Waals surface area contributed by atoms with Crippen molar-refractivity contribution in [3.63, 3.8) is 0 Å². The molecule has 2 saturated carbocycles. The minimum Gasteiger partial charge on any atom is -0.410 e. The van der Waals surface area contributed by atoms with Crippen LogP contribution in [0.25, 0.3) is 0 Å². The van der Waals surface area contributed by atoms with Crippen molar-refractivity contribution in [3.8, 4) is 5.75 Å². The van der Waals surface area contributed by atoms with E-state index in [1.165, 1.54) is 11.1 Å². The maximum Gasteiger partial charge on any atom is 0.469 e. The Kier molecular flexibility index (Phi) is 10.8. The van der Waals surface area contributed by atoms with Crippen molar-refractivity contribution in [2.75, 3.05) is 24.8 Å². The molecule has 1 aromatic carbocycles. The fourth-order valence-electron chi connectivity index (χ4n) is 6.53. The summed E-state index contributed by atoms with van der Waals surface area (Å²) in [4.78, 5) is 30.1. The fraction of sp³-hybridized carbons (Fsp3) is 0.731. The van der Waals surface area contributed by atoms with E-state index in [2.05, 4.69) is 17.5 Å². The van der Waals surface area contributed by atoms with Crippen molar-refractivity contribution >= 4 is 37.1 Å². The molecular weight excluding hydrogens is 540 g/mol. The van der Waals surface area contributed by atoms with Gasteiger partial charge in [0, 0.05) is 24.8 Å². The number of alkyl halides is 2. The summed E-state index contributed by atoms with van der Waals surface area (Å²) >= 11 is 11.6. The second-order valence-electron chi connectivity index (χ2n) is 10.8. The summed E-state index contributed by atoms with van der Waals surface area (Å²) in [5.41, 5.74) is 2.82. The van der Waals surface area contributed by atoms with Crippen molar-refractivity contribution in [1.82, 2.24) is 4.90 Å². The van der Waals surface area contributed by atoms with E-state index >= 15 is 0 Å². The molecule has 3 aliphatic rings. The zero-order chi connectivity index (χ0) is 27.4. The summed E-state index contributed by atoms with van der Waals surface area (Å²) in [6.45, 7) is 6.26. The van der Waals surface area contributed by atoms with Crippen LogP contribution in [-0.4, -0.2) is 62.9 Å². The van der Waals surface area contributed by atoms with Gasteiger partial charge in [-0.25, -0.2) is 9.36 Å². The average Bonchev–Trinajstić information content (AvgIpc) is 3.12. The van der Waals surface area contributed by atoms with Crippen LogP contribution in [0.2, 0.25) is 0 Å².